The summed E-state index contributed by atoms with van der Waals surface area (Å²) in [5.74, 6) is 0.792. The van der Waals surface area contributed by atoms with Crippen molar-refractivity contribution in [3.63, 3.8) is 0 Å². The van der Waals surface area contributed by atoms with E-state index in [-0.39, 0.29) is 16.1 Å². The fraction of sp³-hybridized carbons (Fsp3) is 0.286. The Balaban J connectivity index is 1.99. The summed E-state index contributed by atoms with van der Waals surface area (Å²) >= 11 is 1.33. The van der Waals surface area contributed by atoms with Gasteiger partial charge in [0.15, 0.2) is 15.7 Å². The lowest BCUT2D eigenvalue weighted by Crippen LogP contribution is -2.22. The van der Waals surface area contributed by atoms with Crippen molar-refractivity contribution in [1.29, 1.82) is 0 Å². The number of thioether (sulfide) groups is 1. The normalized spacial score (nSPS) is 12.9. The second-order valence-electron chi connectivity index (χ2n) is 4.82. The first-order valence-corrected chi connectivity index (χ1v) is 9.24. The van der Waals surface area contributed by atoms with Crippen molar-refractivity contribution in [1.82, 2.24) is 5.16 Å². The molecule has 8 heteroatoms. The number of nitrogens with one attached hydrogen (secondary N) is 1. The number of aryl methyl sites for hydroxylation is 1. The van der Waals surface area contributed by atoms with Gasteiger partial charge in [-0.3, -0.25) is 4.79 Å². The average Bonchev–Trinajstić information content (AvgIpc) is 2.83. The zero-order valence-corrected chi connectivity index (χ0v) is 14.0. The van der Waals surface area contributed by atoms with Gasteiger partial charge < -0.3 is 9.84 Å². The molecular formula is C14H16N2O4S2. The van der Waals surface area contributed by atoms with E-state index in [0.717, 1.165) is 11.2 Å². The predicted molar refractivity (Wildman–Crippen MR) is 84.7 cm³/mol. The van der Waals surface area contributed by atoms with E-state index in [1.165, 1.54) is 23.9 Å². The van der Waals surface area contributed by atoms with Crippen molar-refractivity contribution < 1.29 is 17.7 Å². The SMILES string of the molecule is Cc1cc(NC(=O)[C@@H](C)Sc2ccc(S(C)(=O)=O)cc2)no1. The fourth-order valence-corrected chi connectivity index (χ4v) is 3.17. The van der Waals surface area contributed by atoms with E-state index in [4.69, 9.17) is 4.52 Å². The van der Waals surface area contributed by atoms with Gasteiger partial charge in [0.2, 0.25) is 5.91 Å². The van der Waals surface area contributed by atoms with E-state index < -0.39 is 9.84 Å². The summed E-state index contributed by atoms with van der Waals surface area (Å²) in [6, 6.07) is 8.07. The Hall–Kier alpha value is -1.80. The maximum atomic E-state index is 12.0. The molecule has 1 amide bonds. The molecule has 0 saturated heterocycles. The van der Waals surface area contributed by atoms with Crippen molar-refractivity contribution in [2.24, 2.45) is 0 Å². The van der Waals surface area contributed by atoms with Crippen LogP contribution in [0.15, 0.2) is 44.6 Å². The monoisotopic (exact) mass is 340 g/mol. The van der Waals surface area contributed by atoms with Crippen molar-refractivity contribution in [3.8, 4) is 0 Å². The summed E-state index contributed by atoms with van der Waals surface area (Å²) in [6.07, 6.45) is 1.16. The zero-order chi connectivity index (χ0) is 16.3. The van der Waals surface area contributed by atoms with E-state index in [1.54, 1.807) is 32.0 Å². The molecule has 0 radical (unpaired) electrons. The van der Waals surface area contributed by atoms with Gasteiger partial charge in [-0.1, -0.05) is 5.16 Å². The van der Waals surface area contributed by atoms with Gasteiger partial charge in [-0.25, -0.2) is 8.42 Å². The van der Waals surface area contributed by atoms with Crippen LogP contribution in [0.3, 0.4) is 0 Å². The number of nitrogens with zero attached hydrogens (tertiary/aromatic N) is 1. The highest BCUT2D eigenvalue weighted by atomic mass is 32.2. The van der Waals surface area contributed by atoms with Gasteiger partial charge in [0.25, 0.3) is 0 Å². The molecule has 2 aromatic rings. The molecule has 0 fully saturated rings. The van der Waals surface area contributed by atoms with Crippen LogP contribution in [0.25, 0.3) is 0 Å². The van der Waals surface area contributed by atoms with Crippen LogP contribution in [0, 0.1) is 6.92 Å². The molecule has 0 unspecified atom stereocenters. The number of aromatic nitrogens is 1. The summed E-state index contributed by atoms with van der Waals surface area (Å²) < 4.78 is 27.7. The number of carbonyl (C=O) groups excluding carboxylic acids is 1. The third-order valence-corrected chi connectivity index (χ3v) is 5.05. The summed E-state index contributed by atoms with van der Waals surface area (Å²) in [7, 11) is -3.21. The Morgan fingerprint density at radius 3 is 2.45 bits per heavy atom. The third-order valence-electron chi connectivity index (χ3n) is 2.81. The molecule has 1 aromatic heterocycles. The molecule has 0 aliphatic rings. The molecule has 0 aliphatic heterocycles. The minimum atomic E-state index is -3.21. The first kappa shape index (κ1) is 16.6. The van der Waals surface area contributed by atoms with Crippen LogP contribution >= 0.6 is 11.8 Å². The van der Waals surface area contributed by atoms with E-state index in [0.29, 0.717) is 11.6 Å². The first-order chi connectivity index (χ1) is 10.3. The number of rotatable bonds is 5. The maximum absolute atomic E-state index is 12.0. The molecule has 0 saturated carbocycles. The summed E-state index contributed by atoms with van der Waals surface area (Å²) in [4.78, 5) is 13.1. The average molecular weight is 340 g/mol. The molecule has 6 nitrogen and oxygen atoms in total. The highest BCUT2D eigenvalue weighted by Crippen LogP contribution is 2.25. The van der Waals surface area contributed by atoms with Crippen molar-refractivity contribution in [2.75, 3.05) is 11.6 Å². The number of hydrogen-bond donors (Lipinski definition) is 1. The third kappa shape index (κ3) is 4.35. The first-order valence-electron chi connectivity index (χ1n) is 6.46. The van der Waals surface area contributed by atoms with Crippen LogP contribution < -0.4 is 5.32 Å². The second-order valence-corrected chi connectivity index (χ2v) is 8.25. The summed E-state index contributed by atoms with van der Waals surface area (Å²) in [5, 5.41) is 6.00. The lowest BCUT2D eigenvalue weighted by molar-refractivity contribution is -0.115. The summed E-state index contributed by atoms with van der Waals surface area (Å²) in [6.45, 7) is 3.50. The topological polar surface area (TPSA) is 89.3 Å². The molecular weight excluding hydrogens is 324 g/mol. The largest absolute Gasteiger partial charge is 0.360 e. The van der Waals surface area contributed by atoms with Gasteiger partial charge in [0.05, 0.1) is 10.1 Å². The van der Waals surface area contributed by atoms with Crippen LogP contribution in [0.4, 0.5) is 5.82 Å². The Morgan fingerprint density at radius 2 is 1.95 bits per heavy atom. The molecule has 22 heavy (non-hydrogen) atoms. The van der Waals surface area contributed by atoms with Gasteiger partial charge in [-0.15, -0.1) is 11.8 Å². The number of amides is 1. The fourth-order valence-electron chi connectivity index (χ4n) is 1.68. The highest BCUT2D eigenvalue weighted by molar-refractivity contribution is 8.00. The molecule has 1 atom stereocenters. The Morgan fingerprint density at radius 1 is 1.32 bits per heavy atom. The maximum Gasteiger partial charge on any atom is 0.238 e. The van der Waals surface area contributed by atoms with Gasteiger partial charge in [-0.2, -0.15) is 0 Å². The van der Waals surface area contributed by atoms with Gasteiger partial charge >= 0.3 is 0 Å². The van der Waals surface area contributed by atoms with Gasteiger partial charge in [0.1, 0.15) is 5.76 Å². The number of sulfone groups is 1. The molecule has 2 rings (SSSR count). The minimum Gasteiger partial charge on any atom is -0.360 e. The Kier molecular flexibility index (Phi) is 4.92. The standard InChI is InChI=1S/C14H16N2O4S2/c1-9-8-13(16-20-9)15-14(17)10(2)21-11-4-6-12(7-5-11)22(3,18)19/h4-8,10H,1-3H3,(H,15,16,17)/t10-/m1/s1. The molecule has 1 N–H and O–H groups in total. The lowest BCUT2D eigenvalue weighted by atomic mass is 10.4. The molecule has 0 aliphatic carbocycles. The molecule has 0 bridgehead atoms. The van der Waals surface area contributed by atoms with Gasteiger partial charge in [-0.05, 0) is 38.1 Å². The highest BCUT2D eigenvalue weighted by Gasteiger charge is 2.16. The Bertz CT molecular complexity index is 766. The predicted octanol–water partition coefficient (Wildman–Crippen LogP) is 2.51. The molecule has 118 valence electrons. The smallest absolute Gasteiger partial charge is 0.238 e. The lowest BCUT2D eigenvalue weighted by Gasteiger charge is -2.10. The van der Waals surface area contributed by atoms with Crippen molar-refractivity contribution >= 4 is 33.3 Å². The number of anilines is 1. The van der Waals surface area contributed by atoms with Crippen LogP contribution in [-0.4, -0.2) is 31.0 Å². The number of hydrogen-bond acceptors (Lipinski definition) is 6. The van der Waals surface area contributed by atoms with E-state index in [2.05, 4.69) is 10.5 Å². The Labute approximate surface area is 133 Å². The van der Waals surface area contributed by atoms with Gasteiger partial charge in [0, 0.05) is 17.2 Å². The van der Waals surface area contributed by atoms with Crippen LogP contribution in [0.2, 0.25) is 0 Å². The zero-order valence-electron chi connectivity index (χ0n) is 12.4. The van der Waals surface area contributed by atoms with E-state index >= 15 is 0 Å². The van der Waals surface area contributed by atoms with Crippen molar-refractivity contribution in [2.45, 2.75) is 28.9 Å². The van der Waals surface area contributed by atoms with E-state index in [1.807, 2.05) is 0 Å². The molecule has 1 aromatic carbocycles. The molecule has 0 spiro atoms. The number of carbonyl (C=O) groups is 1. The van der Waals surface area contributed by atoms with Crippen LogP contribution in [0.1, 0.15) is 12.7 Å². The minimum absolute atomic E-state index is 0.203. The van der Waals surface area contributed by atoms with E-state index in [9.17, 15) is 13.2 Å². The van der Waals surface area contributed by atoms with Crippen LogP contribution in [0.5, 0.6) is 0 Å². The quantitative estimate of drug-likeness (QED) is 0.841. The summed E-state index contributed by atoms with van der Waals surface area (Å²) in [5.41, 5.74) is 0. The molecule has 1 heterocycles. The van der Waals surface area contributed by atoms with Crippen molar-refractivity contribution in [3.05, 3.63) is 36.1 Å². The van der Waals surface area contributed by atoms with Crippen LogP contribution in [-0.2, 0) is 14.6 Å². The second kappa shape index (κ2) is 6.53. The number of benzene rings is 1.